The van der Waals surface area contributed by atoms with Crippen LogP contribution in [0.1, 0.15) is 24.8 Å². The predicted molar refractivity (Wildman–Crippen MR) is 68.0 cm³/mol. The van der Waals surface area contributed by atoms with Crippen LogP contribution in [0.4, 0.5) is 10.1 Å². The maximum absolute atomic E-state index is 13.8. The largest absolute Gasteiger partial charge is 0.373 e. The van der Waals surface area contributed by atoms with Gasteiger partial charge in [0.05, 0.1) is 17.6 Å². The highest BCUT2D eigenvalue weighted by Gasteiger charge is 2.27. The normalized spacial score (nSPS) is 22.6. The molecule has 0 aromatic heterocycles. The molecule has 19 heavy (non-hydrogen) atoms. The fourth-order valence-electron chi connectivity index (χ4n) is 2.51. The summed E-state index contributed by atoms with van der Waals surface area (Å²) in [6, 6.07) is 4.13. The SMILES string of the molecule is NCC1CCCC1OCc1cccc([N+](=O)[O-])c1F. The van der Waals surface area contributed by atoms with Crippen LogP contribution in [0.2, 0.25) is 0 Å². The highest BCUT2D eigenvalue weighted by Crippen LogP contribution is 2.29. The monoisotopic (exact) mass is 268 g/mol. The lowest BCUT2D eigenvalue weighted by molar-refractivity contribution is -0.387. The van der Waals surface area contributed by atoms with Gasteiger partial charge in [0.1, 0.15) is 0 Å². The quantitative estimate of drug-likeness (QED) is 0.657. The third-order valence-corrected chi connectivity index (χ3v) is 3.60. The Labute approximate surface area is 110 Å². The van der Waals surface area contributed by atoms with Gasteiger partial charge in [0.2, 0.25) is 5.82 Å². The molecule has 0 heterocycles. The van der Waals surface area contributed by atoms with E-state index in [9.17, 15) is 14.5 Å². The molecule has 5 nitrogen and oxygen atoms in total. The number of hydrogen-bond acceptors (Lipinski definition) is 4. The van der Waals surface area contributed by atoms with Crippen molar-refractivity contribution < 1.29 is 14.1 Å². The van der Waals surface area contributed by atoms with E-state index >= 15 is 0 Å². The van der Waals surface area contributed by atoms with Crippen LogP contribution in [0.25, 0.3) is 0 Å². The summed E-state index contributed by atoms with van der Waals surface area (Å²) in [7, 11) is 0. The summed E-state index contributed by atoms with van der Waals surface area (Å²) in [6.45, 7) is 0.608. The lowest BCUT2D eigenvalue weighted by atomic mass is 10.1. The van der Waals surface area contributed by atoms with E-state index in [4.69, 9.17) is 10.5 Å². The van der Waals surface area contributed by atoms with Gasteiger partial charge in [-0.1, -0.05) is 18.6 Å². The predicted octanol–water partition coefficient (Wildman–Crippen LogP) is 2.38. The van der Waals surface area contributed by atoms with Gasteiger partial charge in [0, 0.05) is 11.6 Å². The highest BCUT2D eigenvalue weighted by molar-refractivity contribution is 5.36. The number of benzene rings is 1. The van der Waals surface area contributed by atoms with Crippen LogP contribution in [0, 0.1) is 21.8 Å². The van der Waals surface area contributed by atoms with Gasteiger partial charge in [-0.15, -0.1) is 0 Å². The van der Waals surface area contributed by atoms with Crippen molar-refractivity contribution in [2.45, 2.75) is 32.0 Å². The van der Waals surface area contributed by atoms with E-state index in [0.717, 1.165) is 25.3 Å². The number of nitrogens with zero attached hydrogens (tertiary/aromatic N) is 1. The molecule has 1 aliphatic rings. The fraction of sp³-hybridized carbons (Fsp3) is 0.538. The maximum Gasteiger partial charge on any atom is 0.305 e. The lowest BCUT2D eigenvalue weighted by Crippen LogP contribution is -2.25. The van der Waals surface area contributed by atoms with Crippen molar-refractivity contribution in [3.8, 4) is 0 Å². The molecular formula is C13H17FN2O3. The minimum atomic E-state index is -0.810. The van der Waals surface area contributed by atoms with E-state index in [-0.39, 0.29) is 18.3 Å². The summed E-state index contributed by atoms with van der Waals surface area (Å²) in [5.74, 6) is -0.503. The molecule has 0 amide bonds. The first-order valence-corrected chi connectivity index (χ1v) is 6.37. The summed E-state index contributed by atoms with van der Waals surface area (Å²) in [5.41, 5.74) is 5.35. The molecule has 2 unspecified atom stereocenters. The minimum Gasteiger partial charge on any atom is -0.373 e. The second-order valence-electron chi connectivity index (χ2n) is 4.78. The van der Waals surface area contributed by atoms with Gasteiger partial charge < -0.3 is 10.5 Å². The van der Waals surface area contributed by atoms with Crippen LogP contribution >= 0.6 is 0 Å². The molecule has 1 aliphatic carbocycles. The molecule has 2 N–H and O–H groups in total. The van der Waals surface area contributed by atoms with Gasteiger partial charge in [-0.2, -0.15) is 4.39 Å². The zero-order chi connectivity index (χ0) is 13.8. The molecular weight excluding hydrogens is 251 g/mol. The second-order valence-corrected chi connectivity index (χ2v) is 4.78. The molecule has 1 aromatic rings. The fourth-order valence-corrected chi connectivity index (χ4v) is 2.51. The third kappa shape index (κ3) is 3.08. The topological polar surface area (TPSA) is 78.4 Å². The molecule has 0 spiro atoms. The zero-order valence-corrected chi connectivity index (χ0v) is 10.5. The second kappa shape index (κ2) is 6.08. The molecule has 6 heteroatoms. The lowest BCUT2D eigenvalue weighted by Gasteiger charge is -2.18. The Balaban J connectivity index is 2.03. The van der Waals surface area contributed by atoms with Crippen LogP contribution < -0.4 is 5.73 Å². The van der Waals surface area contributed by atoms with Gasteiger partial charge in [0.25, 0.3) is 0 Å². The van der Waals surface area contributed by atoms with Gasteiger partial charge in [-0.3, -0.25) is 10.1 Å². The molecule has 2 rings (SSSR count). The van der Waals surface area contributed by atoms with Crippen molar-refractivity contribution in [1.82, 2.24) is 0 Å². The molecule has 2 atom stereocenters. The summed E-state index contributed by atoms with van der Waals surface area (Å²) in [5, 5.41) is 10.6. The van der Waals surface area contributed by atoms with E-state index in [1.54, 1.807) is 0 Å². The number of nitrogens with two attached hydrogens (primary N) is 1. The Morgan fingerprint density at radius 3 is 2.95 bits per heavy atom. The Morgan fingerprint density at radius 1 is 1.47 bits per heavy atom. The molecule has 0 aliphatic heterocycles. The van der Waals surface area contributed by atoms with Crippen LogP contribution in [0.5, 0.6) is 0 Å². The zero-order valence-electron chi connectivity index (χ0n) is 10.5. The van der Waals surface area contributed by atoms with Crippen molar-refractivity contribution in [3.05, 3.63) is 39.7 Å². The van der Waals surface area contributed by atoms with Crippen molar-refractivity contribution in [2.75, 3.05) is 6.54 Å². The molecule has 1 aromatic carbocycles. The third-order valence-electron chi connectivity index (χ3n) is 3.60. The number of ether oxygens (including phenoxy) is 1. The van der Waals surface area contributed by atoms with Crippen LogP contribution in [0.3, 0.4) is 0 Å². The van der Waals surface area contributed by atoms with E-state index in [0.29, 0.717) is 12.5 Å². The minimum absolute atomic E-state index is 0.0312. The van der Waals surface area contributed by atoms with Crippen molar-refractivity contribution in [2.24, 2.45) is 11.7 Å². The van der Waals surface area contributed by atoms with Gasteiger partial charge >= 0.3 is 5.69 Å². The number of rotatable bonds is 5. The summed E-state index contributed by atoms with van der Waals surface area (Å²) in [6.07, 6.45) is 3.03. The summed E-state index contributed by atoms with van der Waals surface area (Å²) < 4.78 is 19.5. The molecule has 1 saturated carbocycles. The Hall–Kier alpha value is -1.53. The first kappa shape index (κ1) is 13.9. The van der Waals surface area contributed by atoms with Gasteiger partial charge in [0.15, 0.2) is 0 Å². The number of halogens is 1. The maximum atomic E-state index is 13.8. The van der Waals surface area contributed by atoms with Crippen LogP contribution in [-0.2, 0) is 11.3 Å². The van der Waals surface area contributed by atoms with E-state index < -0.39 is 16.4 Å². The Morgan fingerprint density at radius 2 is 2.26 bits per heavy atom. The van der Waals surface area contributed by atoms with Gasteiger partial charge in [-0.05, 0) is 25.3 Å². The van der Waals surface area contributed by atoms with Gasteiger partial charge in [-0.25, -0.2) is 0 Å². The number of nitro groups is 1. The highest BCUT2D eigenvalue weighted by atomic mass is 19.1. The first-order valence-electron chi connectivity index (χ1n) is 6.37. The van der Waals surface area contributed by atoms with E-state index in [1.165, 1.54) is 12.1 Å². The average Bonchev–Trinajstić information content (AvgIpc) is 2.84. The standard InChI is InChI=1S/C13H17FN2O3/c14-13-10(4-1-5-11(13)16(17)18)8-19-12-6-2-3-9(12)7-15/h1,4-5,9,12H,2-3,6-8,15H2. The van der Waals surface area contributed by atoms with E-state index in [2.05, 4.69) is 0 Å². The molecule has 1 fully saturated rings. The molecule has 104 valence electrons. The Kier molecular flexibility index (Phi) is 4.44. The van der Waals surface area contributed by atoms with Crippen LogP contribution in [-0.4, -0.2) is 17.6 Å². The van der Waals surface area contributed by atoms with Crippen molar-refractivity contribution in [1.29, 1.82) is 0 Å². The molecule has 0 saturated heterocycles. The van der Waals surface area contributed by atoms with E-state index in [1.807, 2.05) is 0 Å². The average molecular weight is 268 g/mol. The van der Waals surface area contributed by atoms with Crippen LogP contribution in [0.15, 0.2) is 18.2 Å². The smallest absolute Gasteiger partial charge is 0.305 e. The first-order chi connectivity index (χ1) is 9.13. The molecule has 0 radical (unpaired) electrons. The van der Waals surface area contributed by atoms with Crippen molar-refractivity contribution in [3.63, 3.8) is 0 Å². The van der Waals surface area contributed by atoms with Crippen molar-refractivity contribution >= 4 is 5.69 Å². The summed E-state index contributed by atoms with van der Waals surface area (Å²) >= 11 is 0. The summed E-state index contributed by atoms with van der Waals surface area (Å²) in [4.78, 5) is 9.92. The molecule has 0 bridgehead atoms. The Bertz CT molecular complexity index is 467. The number of nitro benzene ring substituents is 1. The number of hydrogen-bond donors (Lipinski definition) is 1.